The van der Waals surface area contributed by atoms with E-state index in [4.69, 9.17) is 14.6 Å². The molecule has 0 unspecified atom stereocenters. The van der Waals surface area contributed by atoms with Crippen LogP contribution in [0.2, 0.25) is 0 Å². The summed E-state index contributed by atoms with van der Waals surface area (Å²) in [5, 5.41) is 14.1. The fourth-order valence-corrected chi connectivity index (χ4v) is 1.69. The van der Waals surface area contributed by atoms with Gasteiger partial charge in [0.15, 0.2) is 0 Å². The zero-order chi connectivity index (χ0) is 19.0. The number of hydrogen-bond acceptors (Lipinski definition) is 5. The SMILES string of the molecule is CC(C)(C)OC(=O)NCCCC[C@@H](NC(=O)OC(C)(C)C)C(=O)O. The highest BCUT2D eigenvalue weighted by Crippen LogP contribution is 2.09. The number of carboxylic acids is 1. The molecule has 0 fully saturated rings. The molecule has 0 aliphatic heterocycles. The van der Waals surface area contributed by atoms with Gasteiger partial charge in [-0.1, -0.05) is 0 Å². The number of ether oxygens (including phenoxy) is 2. The number of nitrogens with one attached hydrogen (secondary N) is 2. The lowest BCUT2D eigenvalue weighted by Crippen LogP contribution is -2.43. The van der Waals surface area contributed by atoms with Crippen LogP contribution in [0.1, 0.15) is 60.8 Å². The predicted molar refractivity (Wildman–Crippen MR) is 88.9 cm³/mol. The van der Waals surface area contributed by atoms with Crippen LogP contribution in [0.25, 0.3) is 0 Å². The van der Waals surface area contributed by atoms with Gasteiger partial charge in [0.25, 0.3) is 0 Å². The Hall–Kier alpha value is -1.99. The van der Waals surface area contributed by atoms with Gasteiger partial charge < -0.3 is 25.2 Å². The molecule has 24 heavy (non-hydrogen) atoms. The average Bonchev–Trinajstić information content (AvgIpc) is 2.32. The number of amides is 2. The molecule has 0 bridgehead atoms. The van der Waals surface area contributed by atoms with Crippen molar-refractivity contribution in [3.05, 3.63) is 0 Å². The summed E-state index contributed by atoms with van der Waals surface area (Å²) in [5.74, 6) is -1.12. The number of carbonyl (C=O) groups is 3. The molecular formula is C16H30N2O6. The number of unbranched alkanes of at least 4 members (excludes halogenated alkanes) is 1. The third-order valence-electron chi connectivity index (χ3n) is 2.58. The maximum Gasteiger partial charge on any atom is 0.408 e. The molecule has 3 N–H and O–H groups in total. The van der Waals surface area contributed by atoms with Crippen molar-refractivity contribution in [2.75, 3.05) is 6.54 Å². The summed E-state index contributed by atoms with van der Waals surface area (Å²) < 4.78 is 10.1. The van der Waals surface area contributed by atoms with E-state index in [1.807, 2.05) is 0 Å². The molecule has 0 heterocycles. The second-order valence-corrected chi connectivity index (χ2v) is 7.46. The lowest BCUT2D eigenvalue weighted by atomic mass is 10.1. The van der Waals surface area contributed by atoms with Crippen LogP contribution in [0.4, 0.5) is 9.59 Å². The molecule has 1 atom stereocenters. The van der Waals surface area contributed by atoms with Crippen LogP contribution in [-0.4, -0.2) is 47.1 Å². The van der Waals surface area contributed by atoms with Crippen LogP contribution in [0.15, 0.2) is 0 Å². The number of aliphatic carboxylic acids is 1. The summed E-state index contributed by atoms with van der Waals surface area (Å²) in [6.07, 6.45) is 0.0533. The van der Waals surface area contributed by atoms with Crippen LogP contribution in [-0.2, 0) is 14.3 Å². The number of alkyl carbamates (subject to hydrolysis) is 2. The molecule has 0 radical (unpaired) electrons. The Kier molecular flexibility index (Phi) is 8.57. The lowest BCUT2D eigenvalue weighted by molar-refractivity contribution is -0.139. The second kappa shape index (κ2) is 9.34. The second-order valence-electron chi connectivity index (χ2n) is 7.46. The molecule has 0 aliphatic rings. The molecule has 0 aromatic rings. The molecule has 0 aromatic carbocycles. The maximum absolute atomic E-state index is 11.6. The van der Waals surface area contributed by atoms with E-state index in [-0.39, 0.29) is 6.42 Å². The van der Waals surface area contributed by atoms with Gasteiger partial charge in [-0.2, -0.15) is 0 Å². The van der Waals surface area contributed by atoms with Gasteiger partial charge in [-0.15, -0.1) is 0 Å². The van der Waals surface area contributed by atoms with Gasteiger partial charge in [0, 0.05) is 6.54 Å². The molecule has 8 heteroatoms. The number of hydrogen-bond donors (Lipinski definition) is 3. The van der Waals surface area contributed by atoms with E-state index in [9.17, 15) is 14.4 Å². The molecule has 0 saturated heterocycles. The van der Waals surface area contributed by atoms with E-state index in [0.717, 1.165) is 0 Å². The summed E-state index contributed by atoms with van der Waals surface area (Å²) in [6, 6.07) is -1.03. The van der Waals surface area contributed by atoms with Crippen molar-refractivity contribution < 1.29 is 29.0 Å². The molecule has 8 nitrogen and oxygen atoms in total. The zero-order valence-corrected chi connectivity index (χ0v) is 15.4. The number of carbonyl (C=O) groups excluding carboxylic acids is 2. The van der Waals surface area contributed by atoms with Crippen molar-refractivity contribution in [2.24, 2.45) is 0 Å². The van der Waals surface area contributed by atoms with Crippen molar-refractivity contribution in [2.45, 2.75) is 78.0 Å². The van der Waals surface area contributed by atoms with Crippen molar-refractivity contribution >= 4 is 18.2 Å². The first kappa shape index (κ1) is 22.0. The smallest absolute Gasteiger partial charge is 0.408 e. The zero-order valence-electron chi connectivity index (χ0n) is 15.4. The van der Waals surface area contributed by atoms with E-state index >= 15 is 0 Å². The van der Waals surface area contributed by atoms with Gasteiger partial charge in [-0.05, 0) is 60.8 Å². The van der Waals surface area contributed by atoms with Crippen molar-refractivity contribution in [3.63, 3.8) is 0 Å². The average molecular weight is 346 g/mol. The standard InChI is InChI=1S/C16H30N2O6/c1-15(2,3)23-13(21)17-10-8-7-9-11(12(19)20)18-14(22)24-16(4,5)6/h11H,7-10H2,1-6H3,(H,17,21)(H,18,22)(H,19,20)/t11-/m1/s1. The quantitative estimate of drug-likeness (QED) is 0.611. The van der Waals surface area contributed by atoms with Gasteiger partial charge in [0.05, 0.1) is 0 Å². The van der Waals surface area contributed by atoms with Crippen LogP contribution >= 0.6 is 0 Å². The van der Waals surface area contributed by atoms with Gasteiger partial charge in [0.2, 0.25) is 0 Å². The monoisotopic (exact) mass is 346 g/mol. The first-order chi connectivity index (χ1) is 10.8. The Bertz CT molecular complexity index is 437. The van der Waals surface area contributed by atoms with E-state index in [1.165, 1.54) is 0 Å². The fraction of sp³-hybridized carbons (Fsp3) is 0.812. The maximum atomic E-state index is 11.6. The lowest BCUT2D eigenvalue weighted by Gasteiger charge is -2.22. The van der Waals surface area contributed by atoms with Crippen LogP contribution in [0.5, 0.6) is 0 Å². The largest absolute Gasteiger partial charge is 0.480 e. The highest BCUT2D eigenvalue weighted by molar-refractivity contribution is 5.79. The molecule has 0 aromatic heterocycles. The summed E-state index contributed by atoms with van der Waals surface area (Å²) in [6.45, 7) is 10.8. The molecule has 0 spiro atoms. The van der Waals surface area contributed by atoms with Crippen molar-refractivity contribution in [3.8, 4) is 0 Å². The van der Waals surface area contributed by atoms with Crippen LogP contribution in [0.3, 0.4) is 0 Å². The topological polar surface area (TPSA) is 114 Å². The molecular weight excluding hydrogens is 316 g/mol. The van der Waals surface area contributed by atoms with Gasteiger partial charge in [-0.3, -0.25) is 0 Å². The Morgan fingerprint density at radius 1 is 0.917 bits per heavy atom. The summed E-state index contributed by atoms with van der Waals surface area (Å²) in [4.78, 5) is 34.2. The fourth-order valence-electron chi connectivity index (χ4n) is 1.69. The van der Waals surface area contributed by atoms with Crippen molar-refractivity contribution in [1.82, 2.24) is 10.6 Å². The molecule has 0 rings (SSSR count). The van der Waals surface area contributed by atoms with Crippen LogP contribution in [0, 0.1) is 0 Å². The Morgan fingerprint density at radius 2 is 1.42 bits per heavy atom. The first-order valence-electron chi connectivity index (χ1n) is 7.99. The highest BCUT2D eigenvalue weighted by atomic mass is 16.6. The first-order valence-corrected chi connectivity index (χ1v) is 7.99. The predicted octanol–water partition coefficient (Wildman–Crippen LogP) is 2.66. The number of rotatable bonds is 7. The molecule has 0 aliphatic carbocycles. The van der Waals surface area contributed by atoms with Crippen molar-refractivity contribution in [1.29, 1.82) is 0 Å². The van der Waals surface area contributed by atoms with Gasteiger partial charge >= 0.3 is 18.2 Å². The molecule has 2 amide bonds. The third kappa shape index (κ3) is 12.5. The van der Waals surface area contributed by atoms with Crippen LogP contribution < -0.4 is 10.6 Å². The highest BCUT2D eigenvalue weighted by Gasteiger charge is 2.23. The van der Waals surface area contributed by atoms with E-state index < -0.39 is 35.4 Å². The Morgan fingerprint density at radius 3 is 1.88 bits per heavy atom. The minimum atomic E-state index is -1.12. The van der Waals surface area contributed by atoms with E-state index in [0.29, 0.717) is 19.4 Å². The minimum absolute atomic E-state index is 0.241. The van der Waals surface area contributed by atoms with E-state index in [1.54, 1.807) is 41.5 Å². The molecule has 140 valence electrons. The Labute approximate surface area is 143 Å². The summed E-state index contributed by atoms with van der Waals surface area (Å²) in [7, 11) is 0. The molecule has 0 saturated carbocycles. The minimum Gasteiger partial charge on any atom is -0.480 e. The Balaban J connectivity index is 4.09. The summed E-state index contributed by atoms with van der Waals surface area (Å²) >= 11 is 0. The summed E-state index contributed by atoms with van der Waals surface area (Å²) in [5.41, 5.74) is -1.25. The normalized spacial score (nSPS) is 12.9. The van der Waals surface area contributed by atoms with E-state index in [2.05, 4.69) is 10.6 Å². The third-order valence-corrected chi connectivity index (χ3v) is 2.58. The van der Waals surface area contributed by atoms with Gasteiger partial charge in [0.1, 0.15) is 17.2 Å². The number of carboxylic acid groups (broad SMARTS) is 1. The van der Waals surface area contributed by atoms with Gasteiger partial charge in [-0.25, -0.2) is 14.4 Å².